The van der Waals surface area contributed by atoms with Gasteiger partial charge in [-0.15, -0.1) is 0 Å². The zero-order chi connectivity index (χ0) is 23.4. The quantitative estimate of drug-likeness (QED) is 0.361. The van der Waals surface area contributed by atoms with Gasteiger partial charge in [-0.3, -0.25) is 4.79 Å². The molecule has 7 nitrogen and oxygen atoms in total. The van der Waals surface area contributed by atoms with Gasteiger partial charge in [0.1, 0.15) is 11.3 Å². The molecule has 1 amide bonds. The summed E-state index contributed by atoms with van der Waals surface area (Å²) >= 11 is 0. The topological polar surface area (TPSA) is 82.8 Å². The molecule has 7 heteroatoms. The van der Waals surface area contributed by atoms with E-state index in [-0.39, 0.29) is 12.0 Å². The molecular formula is C26H26N2O5. The van der Waals surface area contributed by atoms with Gasteiger partial charge in [0.2, 0.25) is 5.89 Å². The van der Waals surface area contributed by atoms with Crippen LogP contribution in [-0.2, 0) is 0 Å². The first-order valence-corrected chi connectivity index (χ1v) is 10.7. The number of hydrogen-bond donors (Lipinski definition) is 1. The Labute approximate surface area is 192 Å². The minimum atomic E-state index is -0.229. The summed E-state index contributed by atoms with van der Waals surface area (Å²) in [6.45, 7) is 4.05. The van der Waals surface area contributed by atoms with E-state index in [2.05, 4.69) is 17.2 Å². The van der Waals surface area contributed by atoms with Gasteiger partial charge in [0.15, 0.2) is 17.1 Å². The average Bonchev–Trinajstić information content (AvgIpc) is 3.27. The van der Waals surface area contributed by atoms with Gasteiger partial charge in [0.25, 0.3) is 5.91 Å². The van der Waals surface area contributed by atoms with E-state index in [1.807, 2.05) is 25.1 Å². The Bertz CT molecular complexity index is 1280. The SMILES string of the molecule is CCC(C)Oc1cccc(C(=O)Nc2ccc3oc(-c4ccc(OC)c(OC)c4)nc3c2)c1. The molecular weight excluding hydrogens is 420 g/mol. The van der Waals surface area contributed by atoms with Crippen LogP contribution in [0, 0.1) is 0 Å². The molecule has 3 aromatic carbocycles. The van der Waals surface area contributed by atoms with E-state index in [9.17, 15) is 4.79 Å². The number of amides is 1. The molecule has 4 aromatic rings. The number of fused-ring (bicyclic) bond motifs is 1. The van der Waals surface area contributed by atoms with Crippen molar-refractivity contribution in [3.8, 4) is 28.7 Å². The fourth-order valence-corrected chi connectivity index (χ4v) is 3.33. The van der Waals surface area contributed by atoms with Crippen LogP contribution in [0.1, 0.15) is 30.6 Å². The first-order valence-electron chi connectivity index (χ1n) is 10.7. The van der Waals surface area contributed by atoms with E-state index in [0.717, 1.165) is 12.0 Å². The molecule has 0 bridgehead atoms. The van der Waals surface area contributed by atoms with Crippen LogP contribution < -0.4 is 19.5 Å². The summed E-state index contributed by atoms with van der Waals surface area (Å²) in [5.41, 5.74) is 3.13. The van der Waals surface area contributed by atoms with Crippen molar-refractivity contribution in [2.24, 2.45) is 0 Å². The number of oxazole rings is 1. The molecule has 1 atom stereocenters. The largest absolute Gasteiger partial charge is 0.493 e. The number of rotatable bonds is 8. The molecule has 0 saturated carbocycles. The summed E-state index contributed by atoms with van der Waals surface area (Å²) in [6, 6.07) is 17.9. The summed E-state index contributed by atoms with van der Waals surface area (Å²) in [4.78, 5) is 17.4. The summed E-state index contributed by atoms with van der Waals surface area (Å²) in [7, 11) is 3.16. The van der Waals surface area contributed by atoms with Gasteiger partial charge in [0.05, 0.1) is 20.3 Å². The summed E-state index contributed by atoms with van der Waals surface area (Å²) < 4.78 is 22.4. The molecule has 1 N–H and O–H groups in total. The molecule has 0 fully saturated rings. The lowest BCUT2D eigenvalue weighted by Crippen LogP contribution is -2.13. The Kier molecular flexibility index (Phi) is 6.49. The van der Waals surface area contributed by atoms with Crippen molar-refractivity contribution in [3.63, 3.8) is 0 Å². The lowest BCUT2D eigenvalue weighted by atomic mass is 10.2. The number of hydrogen-bond acceptors (Lipinski definition) is 6. The second kappa shape index (κ2) is 9.65. The maximum absolute atomic E-state index is 12.8. The Balaban J connectivity index is 1.54. The number of nitrogens with one attached hydrogen (secondary N) is 1. The molecule has 0 radical (unpaired) electrons. The molecule has 1 aromatic heterocycles. The molecule has 4 rings (SSSR count). The predicted molar refractivity (Wildman–Crippen MR) is 127 cm³/mol. The van der Waals surface area contributed by atoms with E-state index in [4.69, 9.17) is 18.6 Å². The number of carbonyl (C=O) groups excluding carboxylic acids is 1. The maximum Gasteiger partial charge on any atom is 0.255 e. The highest BCUT2D eigenvalue weighted by Crippen LogP contribution is 2.33. The summed E-state index contributed by atoms with van der Waals surface area (Å²) in [5.74, 6) is 2.10. The van der Waals surface area contributed by atoms with Crippen molar-refractivity contribution in [2.75, 3.05) is 19.5 Å². The number of carbonyl (C=O) groups is 1. The molecule has 0 aliphatic heterocycles. The maximum atomic E-state index is 12.8. The van der Waals surface area contributed by atoms with Crippen molar-refractivity contribution in [3.05, 3.63) is 66.2 Å². The number of aromatic nitrogens is 1. The molecule has 170 valence electrons. The number of anilines is 1. The second-order valence-electron chi connectivity index (χ2n) is 7.59. The smallest absolute Gasteiger partial charge is 0.255 e. The highest BCUT2D eigenvalue weighted by atomic mass is 16.5. The third-order valence-corrected chi connectivity index (χ3v) is 5.28. The Morgan fingerprint density at radius 3 is 2.61 bits per heavy atom. The minimum Gasteiger partial charge on any atom is -0.493 e. The number of nitrogens with zero attached hydrogens (tertiary/aromatic N) is 1. The van der Waals surface area contributed by atoms with E-state index in [1.165, 1.54) is 0 Å². The first-order chi connectivity index (χ1) is 16.0. The zero-order valence-electron chi connectivity index (χ0n) is 19.0. The molecule has 0 saturated heterocycles. The van der Waals surface area contributed by atoms with Crippen LogP contribution in [0.3, 0.4) is 0 Å². The van der Waals surface area contributed by atoms with E-state index >= 15 is 0 Å². The third-order valence-electron chi connectivity index (χ3n) is 5.28. The van der Waals surface area contributed by atoms with Crippen LogP contribution in [0.2, 0.25) is 0 Å². The van der Waals surface area contributed by atoms with E-state index in [0.29, 0.717) is 45.5 Å². The van der Waals surface area contributed by atoms with Crippen LogP contribution in [0.4, 0.5) is 5.69 Å². The van der Waals surface area contributed by atoms with Gasteiger partial charge in [-0.2, -0.15) is 0 Å². The Morgan fingerprint density at radius 2 is 1.85 bits per heavy atom. The fraction of sp³-hybridized carbons (Fsp3) is 0.231. The molecule has 33 heavy (non-hydrogen) atoms. The van der Waals surface area contributed by atoms with Crippen molar-refractivity contribution in [1.29, 1.82) is 0 Å². The van der Waals surface area contributed by atoms with Crippen molar-refractivity contribution < 1.29 is 23.4 Å². The van der Waals surface area contributed by atoms with Crippen LogP contribution in [0.25, 0.3) is 22.6 Å². The summed E-state index contributed by atoms with van der Waals surface area (Å²) in [5, 5.41) is 2.91. The average molecular weight is 447 g/mol. The second-order valence-corrected chi connectivity index (χ2v) is 7.59. The zero-order valence-corrected chi connectivity index (χ0v) is 19.0. The lowest BCUT2D eigenvalue weighted by Gasteiger charge is -2.13. The van der Waals surface area contributed by atoms with Gasteiger partial charge in [-0.05, 0) is 67.9 Å². The monoisotopic (exact) mass is 446 g/mol. The van der Waals surface area contributed by atoms with Crippen LogP contribution in [0.5, 0.6) is 17.2 Å². The number of benzene rings is 3. The predicted octanol–water partition coefficient (Wildman–Crippen LogP) is 5.94. The van der Waals surface area contributed by atoms with Crippen LogP contribution >= 0.6 is 0 Å². The van der Waals surface area contributed by atoms with Gasteiger partial charge in [-0.25, -0.2) is 4.98 Å². The normalized spacial score (nSPS) is 11.8. The van der Waals surface area contributed by atoms with Gasteiger partial charge in [-0.1, -0.05) is 13.0 Å². The highest BCUT2D eigenvalue weighted by Gasteiger charge is 2.14. The Hall–Kier alpha value is -4.00. The minimum absolute atomic E-state index is 0.0812. The van der Waals surface area contributed by atoms with Gasteiger partial charge in [0, 0.05) is 16.8 Å². The lowest BCUT2D eigenvalue weighted by molar-refractivity contribution is 0.102. The number of ether oxygens (including phenoxy) is 3. The summed E-state index contributed by atoms with van der Waals surface area (Å²) in [6.07, 6.45) is 0.970. The number of methoxy groups -OCH3 is 2. The Morgan fingerprint density at radius 1 is 1.03 bits per heavy atom. The molecule has 0 spiro atoms. The van der Waals surface area contributed by atoms with Crippen LogP contribution in [0.15, 0.2) is 65.1 Å². The van der Waals surface area contributed by atoms with E-state index in [1.54, 1.807) is 56.7 Å². The third kappa shape index (κ3) is 4.92. The standard InChI is InChI=1S/C26H26N2O5/c1-5-16(2)32-20-8-6-7-17(13-20)25(29)27-19-10-12-22-21(15-19)28-26(33-22)18-9-11-23(30-3)24(14-18)31-4/h6-16H,5H2,1-4H3,(H,27,29). The highest BCUT2D eigenvalue weighted by molar-refractivity contribution is 6.05. The van der Waals surface area contributed by atoms with E-state index < -0.39 is 0 Å². The molecule has 1 unspecified atom stereocenters. The first kappa shape index (κ1) is 22.2. The fourth-order valence-electron chi connectivity index (χ4n) is 3.33. The van der Waals surface area contributed by atoms with Crippen molar-refractivity contribution >= 4 is 22.7 Å². The van der Waals surface area contributed by atoms with Crippen LogP contribution in [-0.4, -0.2) is 31.2 Å². The molecule has 0 aliphatic carbocycles. The molecule has 1 heterocycles. The van der Waals surface area contributed by atoms with Gasteiger partial charge >= 0.3 is 0 Å². The van der Waals surface area contributed by atoms with Crippen molar-refractivity contribution in [2.45, 2.75) is 26.4 Å². The van der Waals surface area contributed by atoms with Crippen molar-refractivity contribution in [1.82, 2.24) is 4.98 Å². The van der Waals surface area contributed by atoms with Gasteiger partial charge < -0.3 is 23.9 Å². The molecule has 0 aliphatic rings.